The van der Waals surface area contributed by atoms with Crippen LogP contribution in [0, 0.1) is 11.2 Å². The fourth-order valence-corrected chi connectivity index (χ4v) is 4.06. The number of benzene rings is 1. The van der Waals surface area contributed by atoms with Crippen LogP contribution in [-0.2, 0) is 9.53 Å². The quantitative estimate of drug-likeness (QED) is 0.819. The van der Waals surface area contributed by atoms with E-state index in [2.05, 4.69) is 5.32 Å². The molecule has 0 radical (unpaired) electrons. The fourth-order valence-electron chi connectivity index (χ4n) is 4.06. The van der Waals surface area contributed by atoms with Crippen molar-refractivity contribution >= 4 is 24.2 Å². The zero-order chi connectivity index (χ0) is 19.3. The molecular weight excluding hydrogens is 385 g/mol. The van der Waals surface area contributed by atoms with Crippen LogP contribution in [0.25, 0.3) is 0 Å². The highest BCUT2D eigenvalue weighted by Crippen LogP contribution is 2.32. The van der Waals surface area contributed by atoms with Crippen LogP contribution in [0.5, 0.6) is 0 Å². The molecule has 2 amide bonds. The smallest absolute Gasteiger partial charge is 0.254 e. The minimum absolute atomic E-state index is 0. The third-order valence-electron chi connectivity index (χ3n) is 5.58. The number of halogens is 2. The molecular formula is C20H29ClFN3O3. The van der Waals surface area contributed by atoms with Crippen LogP contribution in [0.15, 0.2) is 24.3 Å². The van der Waals surface area contributed by atoms with Crippen molar-refractivity contribution in [2.75, 3.05) is 53.0 Å². The summed E-state index contributed by atoms with van der Waals surface area (Å²) in [5.74, 6) is -0.469. The Kier molecular flexibility index (Phi) is 8.22. The lowest BCUT2D eigenvalue weighted by atomic mass is 9.78. The molecule has 0 spiro atoms. The number of carbonyl (C=O) groups is 2. The molecule has 1 N–H and O–H groups in total. The lowest BCUT2D eigenvalue weighted by Crippen LogP contribution is -2.52. The highest BCUT2D eigenvalue weighted by atomic mass is 35.5. The van der Waals surface area contributed by atoms with E-state index >= 15 is 0 Å². The van der Waals surface area contributed by atoms with Crippen LogP contribution in [0.4, 0.5) is 4.39 Å². The molecule has 0 saturated carbocycles. The van der Waals surface area contributed by atoms with Crippen LogP contribution in [0.3, 0.4) is 0 Å². The first-order valence-corrected chi connectivity index (χ1v) is 9.60. The molecule has 2 aliphatic heterocycles. The summed E-state index contributed by atoms with van der Waals surface area (Å²) < 4.78 is 18.8. The summed E-state index contributed by atoms with van der Waals surface area (Å²) in [5, 5.41) is 3.30. The number of nitrogens with one attached hydrogen (secondary N) is 1. The number of ether oxygens (including phenoxy) is 1. The highest BCUT2D eigenvalue weighted by molar-refractivity contribution is 5.94. The van der Waals surface area contributed by atoms with Gasteiger partial charge in [0.15, 0.2) is 0 Å². The van der Waals surface area contributed by atoms with Gasteiger partial charge in [-0.05, 0) is 50.6 Å². The monoisotopic (exact) mass is 413 g/mol. The van der Waals surface area contributed by atoms with Gasteiger partial charge in [-0.3, -0.25) is 9.59 Å². The van der Waals surface area contributed by atoms with Crippen molar-refractivity contribution in [3.05, 3.63) is 35.6 Å². The Balaban J connectivity index is 0.00000280. The molecule has 2 saturated heterocycles. The Morgan fingerprint density at radius 3 is 2.50 bits per heavy atom. The van der Waals surface area contributed by atoms with Gasteiger partial charge in [0.1, 0.15) is 5.82 Å². The normalized spacial score (nSPS) is 19.5. The van der Waals surface area contributed by atoms with Gasteiger partial charge in [0, 0.05) is 38.9 Å². The molecule has 0 bridgehead atoms. The van der Waals surface area contributed by atoms with E-state index in [1.54, 1.807) is 24.1 Å². The van der Waals surface area contributed by atoms with Crippen molar-refractivity contribution in [2.45, 2.75) is 19.3 Å². The maximum absolute atomic E-state index is 13.4. The number of nitrogens with zero attached hydrogens (tertiary/aromatic N) is 2. The lowest BCUT2D eigenvalue weighted by molar-refractivity contribution is -0.147. The van der Waals surface area contributed by atoms with Gasteiger partial charge in [-0.1, -0.05) is 6.07 Å². The molecule has 0 unspecified atom stereocenters. The van der Waals surface area contributed by atoms with Gasteiger partial charge in [0.2, 0.25) is 5.91 Å². The Morgan fingerprint density at radius 1 is 1.14 bits per heavy atom. The van der Waals surface area contributed by atoms with Crippen molar-refractivity contribution in [1.29, 1.82) is 0 Å². The van der Waals surface area contributed by atoms with Gasteiger partial charge >= 0.3 is 0 Å². The second-order valence-electron chi connectivity index (χ2n) is 7.41. The number of carbonyl (C=O) groups excluding carboxylic acids is 2. The largest absolute Gasteiger partial charge is 0.384 e. The van der Waals surface area contributed by atoms with Crippen molar-refractivity contribution in [1.82, 2.24) is 15.1 Å². The maximum atomic E-state index is 13.4. The predicted octanol–water partition coefficient (Wildman–Crippen LogP) is 1.94. The SMILES string of the molecule is COCC1(C(=O)N2CCCN(C(=O)c3cccc(F)c3)CC2)CCNCC1.Cl. The van der Waals surface area contributed by atoms with Crippen molar-refractivity contribution in [2.24, 2.45) is 5.41 Å². The molecule has 2 aliphatic rings. The molecule has 6 nitrogen and oxygen atoms in total. The average Bonchev–Trinajstić information content (AvgIpc) is 2.94. The molecule has 28 heavy (non-hydrogen) atoms. The van der Waals surface area contributed by atoms with E-state index in [4.69, 9.17) is 4.74 Å². The maximum Gasteiger partial charge on any atom is 0.254 e. The molecule has 0 atom stereocenters. The third-order valence-corrected chi connectivity index (χ3v) is 5.58. The fraction of sp³-hybridized carbons (Fsp3) is 0.600. The summed E-state index contributed by atoms with van der Waals surface area (Å²) in [6.07, 6.45) is 2.25. The molecule has 2 fully saturated rings. The van der Waals surface area contributed by atoms with E-state index in [1.165, 1.54) is 12.1 Å². The van der Waals surface area contributed by atoms with E-state index in [9.17, 15) is 14.0 Å². The summed E-state index contributed by atoms with van der Waals surface area (Å²) in [6, 6.07) is 5.76. The van der Waals surface area contributed by atoms with Crippen LogP contribution < -0.4 is 5.32 Å². The minimum Gasteiger partial charge on any atom is -0.384 e. The first-order chi connectivity index (χ1) is 13.1. The third kappa shape index (κ3) is 5.01. The van der Waals surface area contributed by atoms with Gasteiger partial charge in [0.25, 0.3) is 5.91 Å². The number of rotatable bonds is 4. The van der Waals surface area contributed by atoms with Crippen molar-refractivity contribution in [3.8, 4) is 0 Å². The number of methoxy groups -OCH3 is 1. The van der Waals surface area contributed by atoms with E-state index in [1.807, 2.05) is 4.90 Å². The topological polar surface area (TPSA) is 61.9 Å². The molecule has 0 aliphatic carbocycles. The predicted molar refractivity (Wildman–Crippen MR) is 107 cm³/mol. The first kappa shape index (κ1) is 22.6. The second-order valence-corrected chi connectivity index (χ2v) is 7.41. The molecule has 8 heteroatoms. The van der Waals surface area contributed by atoms with E-state index in [0.717, 1.165) is 25.9 Å². The number of piperidine rings is 1. The van der Waals surface area contributed by atoms with Crippen LogP contribution in [-0.4, -0.2) is 74.6 Å². The van der Waals surface area contributed by atoms with E-state index in [-0.39, 0.29) is 24.2 Å². The second kappa shape index (κ2) is 10.2. The van der Waals surface area contributed by atoms with Crippen LogP contribution in [0.2, 0.25) is 0 Å². The number of hydrogen-bond donors (Lipinski definition) is 1. The Labute approximate surface area is 171 Å². The van der Waals surface area contributed by atoms with Gasteiger partial charge in [-0.25, -0.2) is 4.39 Å². The molecule has 0 aromatic heterocycles. The van der Waals surface area contributed by atoms with Crippen LogP contribution in [0.1, 0.15) is 29.6 Å². The molecule has 1 aromatic rings. The summed E-state index contributed by atoms with van der Waals surface area (Å²) in [7, 11) is 1.64. The van der Waals surface area contributed by atoms with Gasteiger partial charge in [-0.15, -0.1) is 12.4 Å². The highest BCUT2D eigenvalue weighted by Gasteiger charge is 2.42. The summed E-state index contributed by atoms with van der Waals surface area (Å²) >= 11 is 0. The Bertz CT molecular complexity index is 677. The molecule has 1 aromatic carbocycles. The molecule has 2 heterocycles. The summed E-state index contributed by atoms with van der Waals surface area (Å²) in [4.78, 5) is 29.5. The Morgan fingerprint density at radius 2 is 1.82 bits per heavy atom. The van der Waals surface area contributed by atoms with Crippen molar-refractivity contribution in [3.63, 3.8) is 0 Å². The van der Waals surface area contributed by atoms with Gasteiger partial charge in [0.05, 0.1) is 12.0 Å². The zero-order valence-electron chi connectivity index (χ0n) is 16.3. The number of hydrogen-bond acceptors (Lipinski definition) is 4. The lowest BCUT2D eigenvalue weighted by Gasteiger charge is -2.39. The first-order valence-electron chi connectivity index (χ1n) is 9.60. The van der Waals surface area contributed by atoms with Gasteiger partial charge < -0.3 is 19.9 Å². The summed E-state index contributed by atoms with van der Waals surface area (Å²) in [5.41, 5.74) is -0.120. The summed E-state index contributed by atoms with van der Waals surface area (Å²) in [6.45, 7) is 4.21. The minimum atomic E-state index is -0.470. The number of amides is 2. The van der Waals surface area contributed by atoms with Crippen molar-refractivity contribution < 1.29 is 18.7 Å². The van der Waals surface area contributed by atoms with E-state index in [0.29, 0.717) is 44.8 Å². The average molecular weight is 414 g/mol. The van der Waals surface area contributed by atoms with E-state index < -0.39 is 11.2 Å². The zero-order valence-corrected chi connectivity index (χ0v) is 17.1. The molecule has 156 valence electrons. The van der Waals surface area contributed by atoms with Crippen LogP contribution >= 0.6 is 12.4 Å². The van der Waals surface area contributed by atoms with Gasteiger partial charge in [-0.2, -0.15) is 0 Å². The Hall–Kier alpha value is -1.70. The molecule has 3 rings (SSSR count). The standard InChI is InChI=1S/C20H28FN3O3.ClH/c1-27-15-20(6-8-22-9-7-20)19(26)24-11-3-10-23(12-13-24)18(25)16-4-2-5-17(21)14-16;/h2,4-5,14,22H,3,6-13,15H2,1H3;1H.